The van der Waals surface area contributed by atoms with Crippen LogP contribution in [0.2, 0.25) is 0 Å². The molecule has 0 atom stereocenters. The summed E-state index contributed by atoms with van der Waals surface area (Å²) >= 11 is 0. The van der Waals surface area contributed by atoms with Crippen molar-refractivity contribution in [1.29, 1.82) is 0 Å². The first-order valence-corrected chi connectivity index (χ1v) is 12.0. The van der Waals surface area contributed by atoms with Crippen molar-refractivity contribution < 1.29 is 24.2 Å². The van der Waals surface area contributed by atoms with Crippen molar-refractivity contribution in [2.75, 3.05) is 14.2 Å². The van der Waals surface area contributed by atoms with E-state index in [9.17, 15) is 14.7 Å². The Morgan fingerprint density at radius 1 is 0.774 bits per heavy atom. The van der Waals surface area contributed by atoms with Crippen molar-refractivity contribution >= 4 is 11.8 Å². The predicted octanol–water partition coefficient (Wildman–Crippen LogP) is 6.99. The van der Waals surface area contributed by atoms with Gasteiger partial charge in [-0.25, -0.2) is 4.79 Å². The molecule has 31 heavy (non-hydrogen) atoms. The standard InChI is InChI=1S/C26H42O5/c1-4-5-6-7-8-9-10-11-12-13-14-15-16-17-22(27)18-21-19-23(30-2)20-24(31-3)25(21)26(28)29/h19-20H,4-18H2,1-3H3,(H,28,29). The molecular weight excluding hydrogens is 392 g/mol. The molecule has 1 rings (SSSR count). The number of ketones is 1. The van der Waals surface area contributed by atoms with Crippen molar-refractivity contribution in [3.63, 3.8) is 0 Å². The molecule has 0 aliphatic carbocycles. The van der Waals surface area contributed by atoms with E-state index in [1.165, 1.54) is 84.5 Å². The molecule has 0 aliphatic heterocycles. The number of methoxy groups -OCH3 is 2. The number of hydrogen-bond acceptors (Lipinski definition) is 4. The van der Waals surface area contributed by atoms with Gasteiger partial charge < -0.3 is 14.6 Å². The fraction of sp³-hybridized carbons (Fsp3) is 0.692. The predicted molar refractivity (Wildman–Crippen MR) is 126 cm³/mol. The number of rotatable bonds is 19. The zero-order chi connectivity index (χ0) is 22.9. The lowest BCUT2D eigenvalue weighted by Gasteiger charge is -2.13. The van der Waals surface area contributed by atoms with Gasteiger partial charge in [0.05, 0.1) is 14.2 Å². The number of unbranched alkanes of at least 4 members (excludes halogenated alkanes) is 12. The zero-order valence-electron chi connectivity index (χ0n) is 19.8. The third-order valence-corrected chi connectivity index (χ3v) is 5.77. The molecule has 5 heteroatoms. The highest BCUT2D eigenvalue weighted by Gasteiger charge is 2.20. The number of hydrogen-bond donors (Lipinski definition) is 1. The summed E-state index contributed by atoms with van der Waals surface area (Å²) in [6.45, 7) is 2.25. The van der Waals surface area contributed by atoms with Gasteiger partial charge in [0.2, 0.25) is 0 Å². The Kier molecular flexibility index (Phi) is 14.5. The summed E-state index contributed by atoms with van der Waals surface area (Å²) in [5.41, 5.74) is 0.491. The average Bonchev–Trinajstić information content (AvgIpc) is 2.76. The molecule has 1 aromatic carbocycles. The van der Waals surface area contributed by atoms with Gasteiger partial charge in [-0.1, -0.05) is 84.0 Å². The summed E-state index contributed by atoms with van der Waals surface area (Å²) in [6, 6.07) is 3.15. The van der Waals surface area contributed by atoms with E-state index in [1.54, 1.807) is 6.07 Å². The van der Waals surface area contributed by atoms with Crippen LogP contribution in [0, 0.1) is 0 Å². The molecule has 0 radical (unpaired) electrons. The van der Waals surface area contributed by atoms with E-state index in [-0.39, 0.29) is 23.5 Å². The second-order valence-corrected chi connectivity index (χ2v) is 8.38. The second-order valence-electron chi connectivity index (χ2n) is 8.38. The number of Topliss-reactive ketones (excluding diaryl/α,β-unsaturated/α-hetero) is 1. The van der Waals surface area contributed by atoms with Gasteiger partial charge in [-0.3, -0.25) is 4.79 Å². The highest BCUT2D eigenvalue weighted by molar-refractivity contribution is 5.95. The molecule has 0 spiro atoms. The molecule has 0 saturated carbocycles. The summed E-state index contributed by atoms with van der Waals surface area (Å²) in [5.74, 6) is -0.328. The maximum absolute atomic E-state index is 12.4. The van der Waals surface area contributed by atoms with Gasteiger partial charge in [0, 0.05) is 18.9 Å². The molecule has 0 unspecified atom stereocenters. The van der Waals surface area contributed by atoms with Crippen LogP contribution in [0.15, 0.2) is 12.1 Å². The maximum Gasteiger partial charge on any atom is 0.339 e. The molecule has 0 aromatic heterocycles. The van der Waals surface area contributed by atoms with Crippen LogP contribution < -0.4 is 9.47 Å². The first-order chi connectivity index (χ1) is 15.0. The van der Waals surface area contributed by atoms with Gasteiger partial charge in [0.15, 0.2) is 0 Å². The third-order valence-electron chi connectivity index (χ3n) is 5.77. The van der Waals surface area contributed by atoms with Crippen molar-refractivity contribution in [3.05, 3.63) is 23.3 Å². The maximum atomic E-state index is 12.4. The molecule has 1 N–H and O–H groups in total. The summed E-state index contributed by atoms with van der Waals surface area (Å²) < 4.78 is 10.4. The highest BCUT2D eigenvalue weighted by Crippen LogP contribution is 2.29. The number of carboxylic acid groups (broad SMARTS) is 1. The number of carbonyl (C=O) groups excluding carboxylic acids is 1. The lowest BCUT2D eigenvalue weighted by atomic mass is 9.98. The third kappa shape index (κ3) is 11.2. The smallest absolute Gasteiger partial charge is 0.339 e. The molecule has 0 saturated heterocycles. The Hall–Kier alpha value is -2.04. The number of aromatic carboxylic acids is 1. The van der Waals surface area contributed by atoms with Crippen molar-refractivity contribution in [1.82, 2.24) is 0 Å². The van der Waals surface area contributed by atoms with Gasteiger partial charge in [-0.15, -0.1) is 0 Å². The molecular formula is C26H42O5. The number of ether oxygens (including phenoxy) is 2. The van der Waals surface area contributed by atoms with Gasteiger partial charge in [0.25, 0.3) is 0 Å². The van der Waals surface area contributed by atoms with Gasteiger partial charge >= 0.3 is 5.97 Å². The summed E-state index contributed by atoms with van der Waals surface area (Å²) in [7, 11) is 2.93. The normalized spacial score (nSPS) is 10.8. The molecule has 0 fully saturated rings. The van der Waals surface area contributed by atoms with Gasteiger partial charge in [-0.2, -0.15) is 0 Å². The summed E-state index contributed by atoms with van der Waals surface area (Å²) in [4.78, 5) is 24.0. The Morgan fingerprint density at radius 3 is 1.74 bits per heavy atom. The Bertz CT molecular complexity index is 653. The second kappa shape index (κ2) is 16.6. The van der Waals surface area contributed by atoms with Crippen LogP contribution in [-0.2, 0) is 11.2 Å². The van der Waals surface area contributed by atoms with E-state index in [0.717, 1.165) is 19.3 Å². The summed E-state index contributed by atoms with van der Waals surface area (Å²) in [6.07, 6.45) is 17.0. The quantitative estimate of drug-likeness (QED) is 0.237. The summed E-state index contributed by atoms with van der Waals surface area (Å²) in [5, 5.41) is 9.52. The van der Waals surface area contributed by atoms with Crippen molar-refractivity contribution in [2.45, 2.75) is 103 Å². The number of carboxylic acids is 1. The minimum atomic E-state index is -1.09. The Morgan fingerprint density at radius 2 is 1.29 bits per heavy atom. The molecule has 0 heterocycles. The van der Waals surface area contributed by atoms with Crippen molar-refractivity contribution in [2.24, 2.45) is 0 Å². The van der Waals surface area contributed by atoms with E-state index < -0.39 is 5.97 Å². The van der Waals surface area contributed by atoms with Gasteiger partial charge in [0.1, 0.15) is 22.8 Å². The topological polar surface area (TPSA) is 72.8 Å². The molecule has 0 aliphatic rings. The largest absolute Gasteiger partial charge is 0.497 e. The monoisotopic (exact) mass is 434 g/mol. The molecule has 0 amide bonds. The highest BCUT2D eigenvalue weighted by atomic mass is 16.5. The molecule has 1 aromatic rings. The number of benzene rings is 1. The fourth-order valence-electron chi connectivity index (χ4n) is 3.95. The van der Waals surface area contributed by atoms with Crippen LogP contribution in [0.4, 0.5) is 0 Å². The minimum absolute atomic E-state index is 0.0435. The Balaban J connectivity index is 2.23. The lowest BCUT2D eigenvalue weighted by Crippen LogP contribution is -2.11. The van der Waals surface area contributed by atoms with Crippen molar-refractivity contribution in [3.8, 4) is 11.5 Å². The van der Waals surface area contributed by atoms with E-state index in [0.29, 0.717) is 17.7 Å². The van der Waals surface area contributed by atoms with Crippen LogP contribution in [0.25, 0.3) is 0 Å². The van der Waals surface area contributed by atoms with Crippen LogP contribution in [0.1, 0.15) is 113 Å². The van der Waals surface area contributed by atoms with Crippen LogP contribution >= 0.6 is 0 Å². The minimum Gasteiger partial charge on any atom is -0.497 e. The SMILES string of the molecule is CCCCCCCCCCCCCCCC(=O)Cc1cc(OC)cc(OC)c1C(=O)O. The van der Waals surface area contributed by atoms with Gasteiger partial charge in [-0.05, 0) is 18.1 Å². The molecule has 0 bridgehead atoms. The van der Waals surface area contributed by atoms with E-state index in [4.69, 9.17) is 9.47 Å². The first kappa shape index (κ1) is 27.0. The molecule has 176 valence electrons. The van der Waals surface area contributed by atoms with Crippen LogP contribution in [0.5, 0.6) is 11.5 Å². The fourth-order valence-corrected chi connectivity index (χ4v) is 3.95. The van der Waals surface area contributed by atoms with E-state index in [1.807, 2.05) is 0 Å². The zero-order valence-corrected chi connectivity index (χ0v) is 19.8. The first-order valence-electron chi connectivity index (χ1n) is 12.0. The van der Waals surface area contributed by atoms with Crippen LogP contribution in [0.3, 0.4) is 0 Å². The average molecular weight is 435 g/mol. The van der Waals surface area contributed by atoms with E-state index in [2.05, 4.69) is 6.92 Å². The Labute approximate surface area is 188 Å². The lowest BCUT2D eigenvalue weighted by molar-refractivity contribution is -0.118. The van der Waals surface area contributed by atoms with Crippen LogP contribution in [-0.4, -0.2) is 31.1 Å². The number of carbonyl (C=O) groups is 2. The molecule has 5 nitrogen and oxygen atoms in total. The van der Waals surface area contributed by atoms with E-state index >= 15 is 0 Å².